The minimum Gasteiger partial charge on any atom is -0.325 e. The summed E-state index contributed by atoms with van der Waals surface area (Å²) in [5, 5.41) is 6.81. The van der Waals surface area contributed by atoms with E-state index in [1.54, 1.807) is 30.3 Å². The van der Waals surface area contributed by atoms with Gasteiger partial charge in [-0.1, -0.05) is 41.7 Å². The molecule has 2 amide bonds. The van der Waals surface area contributed by atoms with Crippen molar-refractivity contribution in [3.8, 4) is 0 Å². The molecule has 0 saturated heterocycles. The largest absolute Gasteiger partial charge is 0.325 e. The fourth-order valence-corrected chi connectivity index (χ4v) is 4.76. The molecular formula is C23H17N5O4S. The smallest absolute Gasteiger partial charge is 0.295 e. The SMILES string of the molecule is Cc1cccc(NC(=O)CN2C(=O)C(=c3sc4nc(=O)c(C)nn4c3=O)c3ccccc32)c1. The number of nitrogens with one attached hydrogen (secondary N) is 1. The topological polar surface area (TPSA) is 114 Å². The standard InChI is InChI=1S/C23H17N5O4S/c1-12-6-5-7-14(10-12)24-17(29)11-27-16-9-4-3-8-15(16)18(21(27)31)19-22(32)28-23(33-19)25-20(30)13(2)26-28/h3-10H,11H2,1-2H3,(H,24,29). The lowest BCUT2D eigenvalue weighted by Gasteiger charge is -2.16. The molecule has 0 saturated carbocycles. The number of hydrogen-bond donors (Lipinski definition) is 1. The molecule has 2 aromatic carbocycles. The van der Waals surface area contributed by atoms with Gasteiger partial charge in [-0.15, -0.1) is 0 Å². The molecule has 0 fully saturated rings. The van der Waals surface area contributed by atoms with Crippen molar-refractivity contribution >= 4 is 45.1 Å². The Bertz CT molecular complexity index is 1640. The Labute approximate surface area is 190 Å². The molecule has 0 aliphatic carbocycles. The van der Waals surface area contributed by atoms with Crippen molar-refractivity contribution in [3.63, 3.8) is 0 Å². The first-order valence-electron chi connectivity index (χ1n) is 10.1. The molecule has 1 aliphatic rings. The first-order chi connectivity index (χ1) is 15.8. The van der Waals surface area contributed by atoms with Crippen molar-refractivity contribution in [1.82, 2.24) is 14.6 Å². The Morgan fingerprint density at radius 2 is 1.85 bits per heavy atom. The molecule has 0 unspecified atom stereocenters. The number of anilines is 2. The van der Waals surface area contributed by atoms with Crippen molar-refractivity contribution < 1.29 is 9.59 Å². The number of aromatic nitrogens is 3. The van der Waals surface area contributed by atoms with Gasteiger partial charge in [0.05, 0.1) is 11.3 Å². The molecule has 2 aromatic heterocycles. The third-order valence-electron chi connectivity index (χ3n) is 5.27. The second-order valence-corrected chi connectivity index (χ2v) is 8.61. The molecule has 9 nitrogen and oxygen atoms in total. The Morgan fingerprint density at radius 3 is 2.64 bits per heavy atom. The van der Waals surface area contributed by atoms with Gasteiger partial charge in [0.1, 0.15) is 16.8 Å². The van der Waals surface area contributed by atoms with Crippen LogP contribution in [0.4, 0.5) is 11.4 Å². The van der Waals surface area contributed by atoms with Crippen molar-refractivity contribution in [2.45, 2.75) is 13.8 Å². The van der Waals surface area contributed by atoms with Gasteiger partial charge in [0.2, 0.25) is 10.9 Å². The summed E-state index contributed by atoms with van der Waals surface area (Å²) in [4.78, 5) is 56.4. The Hall–Kier alpha value is -4.18. The second kappa shape index (κ2) is 7.75. The highest BCUT2D eigenvalue weighted by Crippen LogP contribution is 2.35. The summed E-state index contributed by atoms with van der Waals surface area (Å²) in [5.41, 5.74) is 1.89. The molecule has 33 heavy (non-hydrogen) atoms. The number of rotatable bonds is 3. The monoisotopic (exact) mass is 459 g/mol. The van der Waals surface area contributed by atoms with Gasteiger partial charge in [-0.3, -0.25) is 24.1 Å². The first-order valence-corrected chi connectivity index (χ1v) is 10.9. The third kappa shape index (κ3) is 3.50. The lowest BCUT2D eigenvalue weighted by Crippen LogP contribution is -2.37. The number of para-hydroxylation sites is 1. The summed E-state index contributed by atoms with van der Waals surface area (Å²) in [7, 11) is 0. The molecule has 3 heterocycles. The average molecular weight is 459 g/mol. The van der Waals surface area contributed by atoms with Crippen LogP contribution in [0.2, 0.25) is 0 Å². The van der Waals surface area contributed by atoms with Crippen molar-refractivity contribution in [2.24, 2.45) is 0 Å². The van der Waals surface area contributed by atoms with Crippen LogP contribution in [0.3, 0.4) is 0 Å². The molecule has 0 bridgehead atoms. The average Bonchev–Trinajstić information content (AvgIpc) is 3.22. The molecule has 1 aliphatic heterocycles. The van der Waals surface area contributed by atoms with Crippen LogP contribution < -0.4 is 25.9 Å². The number of aryl methyl sites for hydroxylation is 2. The van der Waals surface area contributed by atoms with E-state index in [1.807, 2.05) is 25.1 Å². The zero-order valence-corrected chi connectivity index (χ0v) is 18.5. The quantitative estimate of drug-likeness (QED) is 0.490. The predicted octanol–water partition coefficient (Wildman–Crippen LogP) is 1.03. The van der Waals surface area contributed by atoms with E-state index in [0.29, 0.717) is 16.9 Å². The Kier molecular flexibility index (Phi) is 4.86. The maximum Gasteiger partial charge on any atom is 0.295 e. The van der Waals surface area contributed by atoms with Crippen LogP contribution in [-0.4, -0.2) is 33.0 Å². The number of hydrogen-bond acceptors (Lipinski definition) is 7. The molecule has 0 radical (unpaired) electrons. The van der Waals surface area contributed by atoms with Gasteiger partial charge in [0, 0.05) is 11.3 Å². The second-order valence-electron chi connectivity index (χ2n) is 7.63. The number of carbonyl (C=O) groups excluding carboxylic acids is 2. The Morgan fingerprint density at radius 1 is 1.06 bits per heavy atom. The number of amides is 2. The summed E-state index contributed by atoms with van der Waals surface area (Å²) < 4.78 is 1.16. The molecule has 164 valence electrons. The van der Waals surface area contributed by atoms with Crippen LogP contribution >= 0.6 is 11.3 Å². The molecule has 5 rings (SSSR count). The molecular weight excluding hydrogens is 442 g/mol. The van der Waals surface area contributed by atoms with Crippen molar-refractivity contribution in [1.29, 1.82) is 0 Å². The fourth-order valence-electron chi connectivity index (χ4n) is 3.76. The van der Waals surface area contributed by atoms with E-state index >= 15 is 0 Å². The normalized spacial score (nSPS) is 14.6. The predicted molar refractivity (Wildman–Crippen MR) is 124 cm³/mol. The maximum atomic E-state index is 13.4. The van der Waals surface area contributed by atoms with Crippen LogP contribution in [-0.2, 0) is 9.59 Å². The summed E-state index contributed by atoms with van der Waals surface area (Å²) in [6, 6.07) is 14.3. The van der Waals surface area contributed by atoms with Gasteiger partial charge in [0.25, 0.3) is 17.0 Å². The van der Waals surface area contributed by atoms with Crippen LogP contribution in [0.5, 0.6) is 0 Å². The van der Waals surface area contributed by atoms with E-state index < -0.39 is 17.0 Å². The van der Waals surface area contributed by atoms with E-state index in [0.717, 1.165) is 21.4 Å². The minimum absolute atomic E-state index is 0.0894. The van der Waals surface area contributed by atoms with Crippen LogP contribution in [0.25, 0.3) is 10.5 Å². The number of nitrogens with zero attached hydrogens (tertiary/aromatic N) is 4. The minimum atomic E-state index is -0.533. The number of thiazole rings is 1. The lowest BCUT2D eigenvalue weighted by molar-refractivity contribution is -0.118. The van der Waals surface area contributed by atoms with Crippen molar-refractivity contribution in [3.05, 3.63) is 90.6 Å². The van der Waals surface area contributed by atoms with E-state index in [-0.39, 0.29) is 33.2 Å². The summed E-state index contributed by atoms with van der Waals surface area (Å²) in [6.45, 7) is 3.16. The van der Waals surface area contributed by atoms with Crippen molar-refractivity contribution in [2.75, 3.05) is 16.8 Å². The molecule has 4 aromatic rings. The molecule has 0 spiro atoms. The summed E-state index contributed by atoms with van der Waals surface area (Å²) in [6.07, 6.45) is 0. The molecule has 0 atom stereocenters. The van der Waals surface area contributed by atoms with Gasteiger partial charge in [-0.2, -0.15) is 14.6 Å². The maximum absolute atomic E-state index is 13.4. The van der Waals surface area contributed by atoms with Crippen LogP contribution in [0.15, 0.2) is 58.1 Å². The highest BCUT2D eigenvalue weighted by Gasteiger charge is 2.35. The van der Waals surface area contributed by atoms with Gasteiger partial charge >= 0.3 is 0 Å². The number of fused-ring (bicyclic) bond motifs is 2. The third-order valence-corrected chi connectivity index (χ3v) is 6.30. The highest BCUT2D eigenvalue weighted by atomic mass is 32.1. The number of benzene rings is 2. The Balaban J connectivity index is 1.59. The highest BCUT2D eigenvalue weighted by molar-refractivity contribution is 7.15. The number of carbonyl (C=O) groups is 2. The van der Waals surface area contributed by atoms with Crippen LogP contribution in [0, 0.1) is 13.8 Å². The van der Waals surface area contributed by atoms with Crippen LogP contribution in [0.1, 0.15) is 16.8 Å². The van der Waals surface area contributed by atoms with E-state index in [2.05, 4.69) is 15.4 Å². The zero-order valence-electron chi connectivity index (χ0n) is 17.7. The fraction of sp³-hybridized carbons (Fsp3) is 0.130. The van der Waals surface area contributed by atoms with E-state index in [1.165, 1.54) is 11.8 Å². The first kappa shape index (κ1) is 20.7. The summed E-state index contributed by atoms with van der Waals surface area (Å²) >= 11 is 0.928. The zero-order chi connectivity index (χ0) is 23.3. The summed E-state index contributed by atoms with van der Waals surface area (Å²) in [5.74, 6) is -0.841. The van der Waals surface area contributed by atoms with Gasteiger partial charge < -0.3 is 5.32 Å². The van der Waals surface area contributed by atoms with Gasteiger partial charge in [0.15, 0.2) is 0 Å². The van der Waals surface area contributed by atoms with E-state index in [4.69, 9.17) is 0 Å². The van der Waals surface area contributed by atoms with Gasteiger partial charge in [-0.05, 0) is 37.6 Å². The molecule has 10 heteroatoms. The molecule has 1 N–H and O–H groups in total. The van der Waals surface area contributed by atoms with Gasteiger partial charge in [-0.25, -0.2) is 0 Å². The lowest BCUT2D eigenvalue weighted by atomic mass is 10.1. The van der Waals surface area contributed by atoms with E-state index in [9.17, 15) is 19.2 Å².